The number of piperidine rings is 1. The molecule has 1 aromatic carbocycles. The molecule has 2 aromatic rings. The standard InChI is InChI=1S/C15H19N3OS/c1-9-7-11(8-12-13(9)17-15(16)20-12)14(19)18-6-4-3-5-10(18)2/h7-8,10H,3-6H2,1-2H3,(H2,16,17)/t10-/m1/s1. The first-order valence-electron chi connectivity index (χ1n) is 7.04. The van der Waals surface area contributed by atoms with E-state index < -0.39 is 0 Å². The van der Waals surface area contributed by atoms with Gasteiger partial charge in [-0.1, -0.05) is 11.3 Å². The SMILES string of the molecule is Cc1cc(C(=O)N2CCCC[C@H]2C)cc2sc(N)nc12. The number of nitrogens with zero attached hydrogens (tertiary/aromatic N) is 2. The average molecular weight is 289 g/mol. The molecule has 4 nitrogen and oxygen atoms in total. The highest BCUT2D eigenvalue weighted by Gasteiger charge is 2.24. The maximum atomic E-state index is 12.7. The second-order valence-corrected chi connectivity index (χ2v) is 6.60. The fourth-order valence-corrected chi connectivity index (χ4v) is 3.75. The summed E-state index contributed by atoms with van der Waals surface area (Å²) in [5.41, 5.74) is 8.45. The van der Waals surface area contributed by atoms with Crippen LogP contribution >= 0.6 is 11.3 Å². The molecule has 0 aliphatic carbocycles. The molecule has 1 atom stereocenters. The van der Waals surface area contributed by atoms with Crippen LogP contribution in [-0.4, -0.2) is 28.4 Å². The Morgan fingerprint density at radius 2 is 2.25 bits per heavy atom. The van der Waals surface area contributed by atoms with Gasteiger partial charge in [-0.05, 0) is 50.8 Å². The zero-order valence-corrected chi connectivity index (χ0v) is 12.7. The Hall–Kier alpha value is -1.62. The number of aryl methyl sites for hydroxylation is 1. The van der Waals surface area contributed by atoms with E-state index in [1.54, 1.807) is 0 Å². The van der Waals surface area contributed by atoms with Gasteiger partial charge < -0.3 is 10.6 Å². The average Bonchev–Trinajstić information content (AvgIpc) is 2.79. The summed E-state index contributed by atoms with van der Waals surface area (Å²) in [4.78, 5) is 19.0. The number of hydrogen-bond acceptors (Lipinski definition) is 4. The number of anilines is 1. The minimum Gasteiger partial charge on any atom is -0.375 e. The van der Waals surface area contributed by atoms with Crippen molar-refractivity contribution in [2.45, 2.75) is 39.2 Å². The number of carbonyl (C=O) groups is 1. The number of amides is 1. The predicted octanol–water partition coefficient (Wildman–Crippen LogP) is 3.20. The summed E-state index contributed by atoms with van der Waals surface area (Å²) >= 11 is 1.44. The molecular weight excluding hydrogens is 270 g/mol. The Labute approximate surface area is 122 Å². The number of likely N-dealkylation sites (tertiary alicyclic amines) is 1. The van der Waals surface area contributed by atoms with Crippen molar-refractivity contribution in [3.8, 4) is 0 Å². The maximum absolute atomic E-state index is 12.7. The molecule has 20 heavy (non-hydrogen) atoms. The molecule has 5 heteroatoms. The van der Waals surface area contributed by atoms with Crippen molar-refractivity contribution in [2.75, 3.05) is 12.3 Å². The lowest BCUT2D eigenvalue weighted by Gasteiger charge is -2.33. The van der Waals surface area contributed by atoms with Crippen LogP contribution in [0.15, 0.2) is 12.1 Å². The monoisotopic (exact) mass is 289 g/mol. The van der Waals surface area contributed by atoms with Gasteiger partial charge in [0.25, 0.3) is 5.91 Å². The molecule has 106 valence electrons. The van der Waals surface area contributed by atoms with Gasteiger partial charge >= 0.3 is 0 Å². The fraction of sp³-hybridized carbons (Fsp3) is 0.467. The summed E-state index contributed by atoms with van der Waals surface area (Å²) in [6.45, 7) is 4.98. The Morgan fingerprint density at radius 3 is 3.00 bits per heavy atom. The fourth-order valence-electron chi connectivity index (χ4n) is 2.90. The van der Waals surface area contributed by atoms with Crippen LogP contribution in [0.1, 0.15) is 42.1 Å². The van der Waals surface area contributed by atoms with Gasteiger partial charge in [-0.25, -0.2) is 4.98 Å². The lowest BCUT2D eigenvalue weighted by Crippen LogP contribution is -2.42. The number of fused-ring (bicyclic) bond motifs is 1. The molecule has 0 spiro atoms. The van der Waals surface area contributed by atoms with Gasteiger partial charge in [0.1, 0.15) is 0 Å². The predicted molar refractivity (Wildman–Crippen MR) is 83.1 cm³/mol. The molecular formula is C15H19N3OS. The molecule has 1 aliphatic heterocycles. The van der Waals surface area contributed by atoms with E-state index in [9.17, 15) is 4.79 Å². The van der Waals surface area contributed by atoms with Crippen LogP contribution in [0.3, 0.4) is 0 Å². The number of benzene rings is 1. The van der Waals surface area contributed by atoms with E-state index in [2.05, 4.69) is 11.9 Å². The minimum atomic E-state index is 0.133. The van der Waals surface area contributed by atoms with Crippen LogP contribution in [-0.2, 0) is 0 Å². The number of hydrogen-bond donors (Lipinski definition) is 1. The summed E-state index contributed by atoms with van der Waals surface area (Å²) in [5.74, 6) is 0.133. The van der Waals surface area contributed by atoms with Gasteiger partial charge in [-0.2, -0.15) is 0 Å². The third-order valence-electron chi connectivity index (χ3n) is 4.01. The molecule has 1 saturated heterocycles. The lowest BCUT2D eigenvalue weighted by molar-refractivity contribution is 0.0635. The summed E-state index contributed by atoms with van der Waals surface area (Å²) in [6.07, 6.45) is 3.42. The van der Waals surface area contributed by atoms with E-state index in [1.807, 2.05) is 24.0 Å². The van der Waals surface area contributed by atoms with Crippen LogP contribution in [0.2, 0.25) is 0 Å². The Balaban J connectivity index is 1.98. The number of rotatable bonds is 1. The van der Waals surface area contributed by atoms with Crippen molar-refractivity contribution in [1.82, 2.24) is 9.88 Å². The highest BCUT2D eigenvalue weighted by molar-refractivity contribution is 7.22. The lowest BCUT2D eigenvalue weighted by atomic mass is 10.0. The summed E-state index contributed by atoms with van der Waals surface area (Å²) < 4.78 is 0.996. The van der Waals surface area contributed by atoms with Gasteiger partial charge in [0.15, 0.2) is 5.13 Å². The Bertz CT molecular complexity index is 664. The number of aromatic nitrogens is 1. The highest BCUT2D eigenvalue weighted by Crippen LogP contribution is 2.29. The molecule has 0 radical (unpaired) electrons. The van der Waals surface area contributed by atoms with Crippen molar-refractivity contribution in [3.63, 3.8) is 0 Å². The van der Waals surface area contributed by atoms with Crippen LogP contribution in [0, 0.1) is 6.92 Å². The summed E-state index contributed by atoms with van der Waals surface area (Å²) in [6, 6.07) is 4.20. The quantitative estimate of drug-likeness (QED) is 0.877. The maximum Gasteiger partial charge on any atom is 0.254 e. The number of carbonyl (C=O) groups excluding carboxylic acids is 1. The number of nitrogen functional groups attached to an aromatic ring is 1. The van der Waals surface area contributed by atoms with Crippen molar-refractivity contribution in [1.29, 1.82) is 0 Å². The third-order valence-corrected chi connectivity index (χ3v) is 4.84. The van der Waals surface area contributed by atoms with E-state index in [1.165, 1.54) is 17.8 Å². The first-order chi connectivity index (χ1) is 9.56. The van der Waals surface area contributed by atoms with Gasteiger partial charge in [-0.15, -0.1) is 0 Å². The van der Waals surface area contributed by atoms with E-state index in [0.29, 0.717) is 11.2 Å². The molecule has 0 bridgehead atoms. The first kappa shape index (κ1) is 13.4. The molecule has 1 aromatic heterocycles. The Morgan fingerprint density at radius 1 is 1.45 bits per heavy atom. The summed E-state index contributed by atoms with van der Waals surface area (Å²) in [5, 5.41) is 0.555. The summed E-state index contributed by atoms with van der Waals surface area (Å²) in [7, 11) is 0. The molecule has 2 N–H and O–H groups in total. The topological polar surface area (TPSA) is 59.2 Å². The largest absolute Gasteiger partial charge is 0.375 e. The van der Waals surface area contributed by atoms with Crippen LogP contribution in [0.25, 0.3) is 10.2 Å². The van der Waals surface area contributed by atoms with E-state index in [0.717, 1.165) is 40.7 Å². The smallest absolute Gasteiger partial charge is 0.254 e. The van der Waals surface area contributed by atoms with Crippen LogP contribution in [0.5, 0.6) is 0 Å². The van der Waals surface area contributed by atoms with Crippen molar-refractivity contribution in [2.24, 2.45) is 0 Å². The molecule has 2 heterocycles. The second kappa shape index (κ2) is 5.05. The van der Waals surface area contributed by atoms with Gasteiger partial charge in [-0.3, -0.25) is 4.79 Å². The highest BCUT2D eigenvalue weighted by atomic mass is 32.1. The van der Waals surface area contributed by atoms with Crippen molar-refractivity contribution in [3.05, 3.63) is 23.3 Å². The van der Waals surface area contributed by atoms with Gasteiger partial charge in [0.2, 0.25) is 0 Å². The normalized spacial score (nSPS) is 19.5. The number of thiazole rings is 1. The minimum absolute atomic E-state index is 0.133. The van der Waals surface area contributed by atoms with Gasteiger partial charge in [0.05, 0.1) is 10.2 Å². The van der Waals surface area contributed by atoms with E-state index in [4.69, 9.17) is 5.73 Å². The molecule has 3 rings (SSSR count). The Kier molecular flexibility index (Phi) is 3.38. The first-order valence-corrected chi connectivity index (χ1v) is 7.85. The van der Waals surface area contributed by atoms with Gasteiger partial charge in [0, 0.05) is 18.2 Å². The zero-order valence-electron chi connectivity index (χ0n) is 11.8. The molecule has 0 saturated carbocycles. The molecule has 0 unspecified atom stereocenters. The van der Waals surface area contributed by atoms with Crippen LogP contribution in [0.4, 0.5) is 5.13 Å². The molecule has 1 aliphatic rings. The molecule has 1 amide bonds. The van der Waals surface area contributed by atoms with E-state index >= 15 is 0 Å². The second-order valence-electron chi connectivity index (χ2n) is 5.54. The third kappa shape index (κ3) is 2.26. The van der Waals surface area contributed by atoms with E-state index in [-0.39, 0.29) is 5.91 Å². The molecule has 1 fully saturated rings. The number of nitrogens with two attached hydrogens (primary N) is 1. The van der Waals surface area contributed by atoms with Crippen LogP contribution < -0.4 is 5.73 Å². The zero-order chi connectivity index (χ0) is 14.3. The van der Waals surface area contributed by atoms with Crippen molar-refractivity contribution < 1.29 is 4.79 Å². The van der Waals surface area contributed by atoms with Crippen molar-refractivity contribution >= 4 is 32.6 Å².